The van der Waals surface area contributed by atoms with Gasteiger partial charge >= 0.3 is 0 Å². The number of pyridine rings is 1. The van der Waals surface area contributed by atoms with Gasteiger partial charge in [-0.2, -0.15) is 0 Å². The average molecular weight is 436 g/mol. The molecule has 9 heteroatoms. The Bertz CT molecular complexity index is 974. The van der Waals surface area contributed by atoms with E-state index < -0.39 is 10.0 Å². The van der Waals surface area contributed by atoms with Crippen LogP contribution in [-0.4, -0.2) is 56.2 Å². The molecule has 1 aromatic heterocycles. The van der Waals surface area contributed by atoms with Crippen LogP contribution >= 0.6 is 0 Å². The summed E-state index contributed by atoms with van der Waals surface area (Å²) in [5.74, 6) is -0.0370. The fraction of sp³-hybridized carbons (Fsp3) is 0.429. The molecule has 2 heterocycles. The Morgan fingerprint density at radius 1 is 1.23 bits per heavy atom. The van der Waals surface area contributed by atoms with Crippen LogP contribution < -0.4 is 9.04 Å². The molecule has 30 heavy (non-hydrogen) atoms. The number of sulfonamides is 1. The van der Waals surface area contributed by atoms with Gasteiger partial charge in [0.1, 0.15) is 11.9 Å². The van der Waals surface area contributed by atoms with Gasteiger partial charge < -0.3 is 9.64 Å². The number of carbonyl (C=O) groups is 1. The number of halogens is 1. The van der Waals surface area contributed by atoms with E-state index in [1.54, 1.807) is 42.2 Å². The molecule has 0 bridgehead atoms. The average Bonchev–Trinajstić information content (AvgIpc) is 2.76. The largest absolute Gasteiger partial charge is 0.474 e. The Morgan fingerprint density at radius 3 is 2.53 bits per heavy atom. The molecule has 0 atom stereocenters. The van der Waals surface area contributed by atoms with Crippen molar-refractivity contribution in [1.82, 2.24) is 9.88 Å². The molecule has 0 N–H and O–H groups in total. The van der Waals surface area contributed by atoms with Gasteiger partial charge in [-0.25, -0.2) is 17.8 Å². The maximum Gasteiger partial charge on any atom is 0.234 e. The monoisotopic (exact) mass is 435 g/mol. The Kier molecular flexibility index (Phi) is 6.91. The zero-order valence-electron chi connectivity index (χ0n) is 17.1. The van der Waals surface area contributed by atoms with Crippen molar-refractivity contribution in [3.8, 4) is 5.88 Å². The van der Waals surface area contributed by atoms with Gasteiger partial charge in [0.05, 0.1) is 24.1 Å². The number of likely N-dealkylation sites (tertiary alicyclic amines) is 1. The molecule has 0 saturated carbocycles. The fourth-order valence-electron chi connectivity index (χ4n) is 3.29. The number of anilines is 1. The maximum atomic E-state index is 13.8. The summed E-state index contributed by atoms with van der Waals surface area (Å²) < 4.78 is 44.7. The molecular formula is C21H26FN3O4S. The number of hydrogen-bond donors (Lipinski definition) is 0. The zero-order chi connectivity index (χ0) is 21.7. The smallest absolute Gasteiger partial charge is 0.234 e. The first-order chi connectivity index (χ1) is 14.3. The van der Waals surface area contributed by atoms with E-state index in [0.29, 0.717) is 43.1 Å². The van der Waals surface area contributed by atoms with Crippen LogP contribution in [-0.2, 0) is 21.2 Å². The van der Waals surface area contributed by atoms with Gasteiger partial charge in [-0.3, -0.25) is 9.10 Å². The normalized spacial score (nSPS) is 15.1. The number of ether oxygens (including phenoxy) is 1. The summed E-state index contributed by atoms with van der Waals surface area (Å²) in [4.78, 5) is 18.4. The summed E-state index contributed by atoms with van der Waals surface area (Å²) in [6, 6.07) is 9.61. The Labute approximate surface area is 176 Å². The second kappa shape index (κ2) is 9.42. The topological polar surface area (TPSA) is 79.8 Å². The lowest BCUT2D eigenvalue weighted by Gasteiger charge is -2.32. The highest BCUT2D eigenvalue weighted by atomic mass is 32.2. The molecule has 2 aromatic rings. The highest BCUT2D eigenvalue weighted by molar-refractivity contribution is 7.92. The molecule has 3 rings (SSSR count). The molecule has 1 fully saturated rings. The number of amides is 1. The fourth-order valence-corrected chi connectivity index (χ4v) is 4.11. The summed E-state index contributed by atoms with van der Waals surface area (Å²) in [6.07, 6.45) is 2.73. The van der Waals surface area contributed by atoms with Crippen molar-refractivity contribution in [2.45, 2.75) is 32.3 Å². The molecular weight excluding hydrogens is 409 g/mol. The van der Waals surface area contributed by atoms with Crippen molar-refractivity contribution >= 4 is 21.6 Å². The molecule has 1 amide bonds. The minimum atomic E-state index is -3.34. The van der Waals surface area contributed by atoms with Gasteiger partial charge in [-0.05, 0) is 24.6 Å². The lowest BCUT2D eigenvalue weighted by molar-refractivity contribution is -0.132. The van der Waals surface area contributed by atoms with E-state index in [1.807, 2.05) is 0 Å². The quantitative estimate of drug-likeness (QED) is 0.668. The lowest BCUT2D eigenvalue weighted by atomic mass is 10.1. The summed E-state index contributed by atoms with van der Waals surface area (Å²) in [5, 5.41) is 0. The van der Waals surface area contributed by atoms with Crippen molar-refractivity contribution in [2.75, 3.05) is 30.2 Å². The molecule has 1 aromatic carbocycles. The third-order valence-electron chi connectivity index (χ3n) is 5.25. The van der Waals surface area contributed by atoms with E-state index in [9.17, 15) is 17.6 Å². The summed E-state index contributed by atoms with van der Waals surface area (Å²) >= 11 is 0. The molecule has 0 radical (unpaired) electrons. The first kappa shape index (κ1) is 22.0. The van der Waals surface area contributed by atoms with Crippen LogP contribution in [0.3, 0.4) is 0 Å². The molecule has 1 saturated heterocycles. The number of hydrogen-bond acceptors (Lipinski definition) is 5. The molecule has 1 aliphatic rings. The number of nitrogens with zero attached hydrogens (tertiary/aromatic N) is 3. The predicted octanol–water partition coefficient (Wildman–Crippen LogP) is 2.62. The molecule has 1 aliphatic heterocycles. The summed E-state index contributed by atoms with van der Waals surface area (Å²) in [7, 11) is -1.85. The van der Waals surface area contributed by atoms with Crippen LogP contribution in [0.2, 0.25) is 0 Å². The number of carbonyl (C=O) groups excluding carboxylic acids is 1. The van der Waals surface area contributed by atoms with Crippen molar-refractivity contribution < 1.29 is 22.3 Å². The second-order valence-electron chi connectivity index (χ2n) is 7.19. The van der Waals surface area contributed by atoms with Crippen LogP contribution in [0, 0.1) is 5.82 Å². The van der Waals surface area contributed by atoms with Gasteiger partial charge in [0, 0.05) is 39.0 Å². The van der Waals surface area contributed by atoms with E-state index in [2.05, 4.69) is 4.98 Å². The SMILES string of the molecule is CCS(=O)(=O)N(C)c1ccc(OC2CCN(C(=O)Cc3ccccc3F)CC2)nc1. The van der Waals surface area contributed by atoms with E-state index in [-0.39, 0.29) is 30.0 Å². The highest BCUT2D eigenvalue weighted by Crippen LogP contribution is 2.22. The van der Waals surface area contributed by atoms with Crippen molar-refractivity contribution in [2.24, 2.45) is 0 Å². The van der Waals surface area contributed by atoms with Crippen LogP contribution in [0.4, 0.5) is 10.1 Å². The molecule has 0 spiro atoms. The van der Waals surface area contributed by atoms with Gasteiger partial charge in [-0.1, -0.05) is 18.2 Å². The van der Waals surface area contributed by atoms with Gasteiger partial charge in [-0.15, -0.1) is 0 Å². The van der Waals surface area contributed by atoms with Gasteiger partial charge in [0.2, 0.25) is 21.8 Å². The van der Waals surface area contributed by atoms with Crippen LogP contribution in [0.5, 0.6) is 5.88 Å². The van der Waals surface area contributed by atoms with E-state index in [1.165, 1.54) is 23.6 Å². The summed E-state index contributed by atoms with van der Waals surface area (Å²) in [5.41, 5.74) is 0.873. The van der Waals surface area contributed by atoms with Crippen LogP contribution in [0.25, 0.3) is 0 Å². The number of benzene rings is 1. The van der Waals surface area contributed by atoms with Crippen molar-refractivity contribution in [1.29, 1.82) is 0 Å². The van der Waals surface area contributed by atoms with Gasteiger partial charge in [0.15, 0.2) is 0 Å². The molecule has 0 aliphatic carbocycles. The number of piperidine rings is 1. The van der Waals surface area contributed by atoms with Crippen molar-refractivity contribution in [3.05, 3.63) is 54.0 Å². The predicted molar refractivity (Wildman–Crippen MR) is 112 cm³/mol. The van der Waals surface area contributed by atoms with E-state index in [4.69, 9.17) is 4.74 Å². The van der Waals surface area contributed by atoms with Crippen molar-refractivity contribution in [3.63, 3.8) is 0 Å². The highest BCUT2D eigenvalue weighted by Gasteiger charge is 2.25. The molecule has 0 unspecified atom stereocenters. The van der Waals surface area contributed by atoms with Crippen LogP contribution in [0.1, 0.15) is 25.3 Å². The van der Waals surface area contributed by atoms with E-state index in [0.717, 1.165) is 0 Å². The Hall–Kier alpha value is -2.68. The molecule has 162 valence electrons. The zero-order valence-corrected chi connectivity index (χ0v) is 17.9. The Balaban J connectivity index is 1.51. The lowest BCUT2D eigenvalue weighted by Crippen LogP contribution is -2.42. The minimum Gasteiger partial charge on any atom is -0.474 e. The third kappa shape index (κ3) is 5.27. The first-order valence-electron chi connectivity index (χ1n) is 9.90. The maximum absolute atomic E-state index is 13.8. The second-order valence-corrected chi connectivity index (χ2v) is 9.48. The Morgan fingerprint density at radius 2 is 1.93 bits per heavy atom. The van der Waals surface area contributed by atoms with Crippen LogP contribution in [0.15, 0.2) is 42.6 Å². The number of rotatable bonds is 7. The number of aromatic nitrogens is 1. The minimum absolute atomic E-state index is 0.00988. The molecule has 7 nitrogen and oxygen atoms in total. The standard InChI is InChI=1S/C21H26FN3O4S/c1-3-30(27,28)24(2)17-8-9-20(23-15-17)29-18-10-12-25(13-11-18)21(26)14-16-6-4-5-7-19(16)22/h4-9,15,18H,3,10-14H2,1-2H3. The third-order valence-corrected chi connectivity index (χ3v) is 7.02. The first-order valence-corrected chi connectivity index (χ1v) is 11.5. The van der Waals surface area contributed by atoms with E-state index >= 15 is 0 Å². The summed E-state index contributed by atoms with van der Waals surface area (Å²) in [6.45, 7) is 2.66. The van der Waals surface area contributed by atoms with Gasteiger partial charge in [0.25, 0.3) is 0 Å².